The molecule has 3 unspecified atom stereocenters. The lowest BCUT2D eigenvalue weighted by Crippen LogP contribution is -2.29. The third kappa shape index (κ3) is 12.0. The molecular weight excluding hydrogens is 477 g/mol. The Morgan fingerprint density at radius 1 is 1.14 bits per heavy atom. The number of halogens is 1. The van der Waals surface area contributed by atoms with E-state index in [1.54, 1.807) is 6.92 Å². The molecule has 0 bridgehead atoms. The van der Waals surface area contributed by atoms with Gasteiger partial charge in [-0.1, -0.05) is 69.8 Å². The Bertz CT molecular complexity index is 908. The van der Waals surface area contributed by atoms with Gasteiger partial charge in [0.2, 0.25) is 0 Å². The Labute approximate surface area is 220 Å². The minimum atomic E-state index is -0.886. The van der Waals surface area contributed by atoms with Crippen LogP contribution in [0.1, 0.15) is 104 Å². The summed E-state index contributed by atoms with van der Waals surface area (Å²) >= 11 is 0. The molecule has 1 aromatic rings. The maximum Gasteiger partial charge on any atom is 0.412 e. The van der Waals surface area contributed by atoms with Crippen LogP contribution in [0, 0.1) is 5.82 Å². The summed E-state index contributed by atoms with van der Waals surface area (Å²) in [5, 5.41) is 12.0. The quantitative estimate of drug-likeness (QED) is 0.181. The predicted molar refractivity (Wildman–Crippen MR) is 143 cm³/mol. The number of nitrogens with one attached hydrogen (secondary N) is 1. The van der Waals surface area contributed by atoms with Gasteiger partial charge < -0.3 is 14.6 Å². The maximum absolute atomic E-state index is 14.4. The molecule has 8 nitrogen and oxygen atoms in total. The van der Waals surface area contributed by atoms with Crippen molar-refractivity contribution in [2.75, 3.05) is 11.9 Å². The molecule has 1 saturated heterocycles. The summed E-state index contributed by atoms with van der Waals surface area (Å²) in [5.41, 5.74) is -0.784. The summed E-state index contributed by atoms with van der Waals surface area (Å²) < 4.78 is 25.9. The third-order valence-electron chi connectivity index (χ3n) is 6.37. The van der Waals surface area contributed by atoms with E-state index in [0.29, 0.717) is 0 Å². The number of hydrogen-bond acceptors (Lipinski definition) is 6. The molecule has 9 heteroatoms. The minimum absolute atomic E-state index is 0.158. The molecule has 37 heavy (non-hydrogen) atoms. The maximum atomic E-state index is 14.4. The second-order valence-electron chi connectivity index (χ2n) is 9.57. The molecule has 1 aromatic heterocycles. The van der Waals surface area contributed by atoms with Crippen molar-refractivity contribution in [2.45, 2.75) is 116 Å². The Balaban J connectivity index is 1.51. The summed E-state index contributed by atoms with van der Waals surface area (Å²) in [6, 6.07) is 0. The number of ether oxygens (including phenoxy) is 2. The Hall–Kier alpha value is -2.52. The Kier molecular flexibility index (Phi) is 14.8. The monoisotopic (exact) mass is 521 g/mol. The Morgan fingerprint density at radius 2 is 1.78 bits per heavy atom. The number of aliphatic hydroxyl groups excluding tert-OH is 1. The van der Waals surface area contributed by atoms with Gasteiger partial charge in [0, 0.05) is 6.42 Å². The first-order chi connectivity index (χ1) is 17.9. The average Bonchev–Trinajstić information content (AvgIpc) is 3.20. The first kappa shape index (κ1) is 30.7. The highest BCUT2D eigenvalue weighted by molar-refractivity contribution is 5.83. The molecule has 208 valence electrons. The molecule has 1 aliphatic heterocycles. The van der Waals surface area contributed by atoms with Gasteiger partial charge in [-0.15, -0.1) is 0 Å². The zero-order chi connectivity index (χ0) is 26.9. The highest BCUT2D eigenvalue weighted by Gasteiger charge is 2.33. The lowest BCUT2D eigenvalue weighted by molar-refractivity contribution is -0.0104. The zero-order valence-electron chi connectivity index (χ0n) is 22.4. The van der Waals surface area contributed by atoms with Crippen LogP contribution in [0.4, 0.5) is 15.0 Å². The van der Waals surface area contributed by atoms with Crippen LogP contribution in [0.15, 0.2) is 35.3 Å². The smallest absolute Gasteiger partial charge is 0.412 e. The van der Waals surface area contributed by atoms with E-state index in [-0.39, 0.29) is 13.0 Å². The first-order valence-electron chi connectivity index (χ1n) is 13.8. The molecule has 0 aliphatic carbocycles. The van der Waals surface area contributed by atoms with Crippen molar-refractivity contribution < 1.29 is 23.8 Å². The summed E-state index contributed by atoms with van der Waals surface area (Å²) in [6.07, 6.45) is 20.6. The number of nitrogens with zero attached hydrogens (tertiary/aromatic N) is 2. The molecule has 0 radical (unpaired) electrons. The number of anilines is 1. The molecule has 0 saturated carbocycles. The van der Waals surface area contributed by atoms with E-state index >= 15 is 0 Å². The number of allylic oxidation sites excluding steroid dienone is 4. The van der Waals surface area contributed by atoms with Crippen LogP contribution in [0.2, 0.25) is 0 Å². The van der Waals surface area contributed by atoms with Crippen LogP contribution in [-0.4, -0.2) is 39.6 Å². The van der Waals surface area contributed by atoms with Gasteiger partial charge in [0.1, 0.15) is 6.23 Å². The van der Waals surface area contributed by atoms with Crippen molar-refractivity contribution in [1.82, 2.24) is 9.55 Å². The van der Waals surface area contributed by atoms with Gasteiger partial charge in [0.25, 0.3) is 0 Å². The predicted octanol–water partition coefficient (Wildman–Crippen LogP) is 6.41. The van der Waals surface area contributed by atoms with Crippen LogP contribution in [0.3, 0.4) is 0 Å². The van der Waals surface area contributed by atoms with Gasteiger partial charge in [-0.2, -0.15) is 4.98 Å². The molecule has 1 aliphatic rings. The van der Waals surface area contributed by atoms with Crippen molar-refractivity contribution in [1.29, 1.82) is 0 Å². The highest BCUT2D eigenvalue weighted by atomic mass is 19.1. The lowest BCUT2D eigenvalue weighted by atomic mass is 10.1. The molecule has 1 amide bonds. The van der Waals surface area contributed by atoms with E-state index in [2.05, 4.69) is 41.5 Å². The molecule has 0 spiro atoms. The summed E-state index contributed by atoms with van der Waals surface area (Å²) in [7, 11) is 0. The largest absolute Gasteiger partial charge is 0.449 e. The average molecular weight is 522 g/mol. The number of amides is 1. The zero-order valence-corrected chi connectivity index (χ0v) is 22.4. The number of carbonyl (C=O) groups excluding carboxylic acids is 1. The fourth-order valence-corrected chi connectivity index (χ4v) is 4.10. The molecule has 2 heterocycles. The molecule has 2 N–H and O–H groups in total. The van der Waals surface area contributed by atoms with Crippen LogP contribution < -0.4 is 11.0 Å². The second-order valence-corrected chi connectivity index (χ2v) is 9.57. The fraction of sp³-hybridized carbons (Fsp3) is 0.679. The normalized spacial score (nSPS) is 19.7. The van der Waals surface area contributed by atoms with Crippen molar-refractivity contribution in [3.05, 3.63) is 46.8 Å². The summed E-state index contributed by atoms with van der Waals surface area (Å²) in [4.78, 5) is 27.8. The SMILES string of the molecule is CCCCCC=CCC=CCCCCCCCCOC(=O)Nc1nc(=O)n(C2CC(O)C(C)O2)cc1F. The highest BCUT2D eigenvalue weighted by Crippen LogP contribution is 2.27. The molecular formula is C28H44FN3O5. The van der Waals surface area contributed by atoms with E-state index in [1.807, 2.05) is 0 Å². The summed E-state index contributed by atoms with van der Waals surface area (Å²) in [6.45, 7) is 4.10. The number of unbranched alkanes of at least 4 members (excludes halogenated alkanes) is 9. The molecule has 2 rings (SSSR count). The van der Waals surface area contributed by atoms with Gasteiger partial charge in [0.05, 0.1) is 25.0 Å². The van der Waals surface area contributed by atoms with Crippen molar-refractivity contribution in [2.24, 2.45) is 0 Å². The van der Waals surface area contributed by atoms with E-state index < -0.39 is 41.9 Å². The lowest BCUT2D eigenvalue weighted by Gasteiger charge is -2.14. The second kappa shape index (κ2) is 17.9. The van der Waals surface area contributed by atoms with Crippen molar-refractivity contribution in [3.8, 4) is 0 Å². The van der Waals surface area contributed by atoms with Crippen LogP contribution in [0.25, 0.3) is 0 Å². The number of aromatic nitrogens is 2. The first-order valence-corrected chi connectivity index (χ1v) is 13.8. The van der Waals surface area contributed by atoms with Gasteiger partial charge in [0.15, 0.2) is 11.6 Å². The number of rotatable bonds is 17. The van der Waals surface area contributed by atoms with Crippen LogP contribution in [0.5, 0.6) is 0 Å². The van der Waals surface area contributed by atoms with Gasteiger partial charge >= 0.3 is 11.8 Å². The van der Waals surface area contributed by atoms with E-state index in [4.69, 9.17) is 9.47 Å². The number of hydrogen-bond donors (Lipinski definition) is 2. The van der Waals surface area contributed by atoms with E-state index in [1.165, 1.54) is 38.5 Å². The van der Waals surface area contributed by atoms with Gasteiger partial charge in [-0.3, -0.25) is 9.88 Å². The molecule has 3 atom stereocenters. The van der Waals surface area contributed by atoms with Gasteiger partial charge in [-0.25, -0.2) is 14.0 Å². The molecule has 0 aromatic carbocycles. The third-order valence-corrected chi connectivity index (χ3v) is 6.37. The van der Waals surface area contributed by atoms with Crippen LogP contribution in [-0.2, 0) is 9.47 Å². The minimum Gasteiger partial charge on any atom is -0.449 e. The van der Waals surface area contributed by atoms with E-state index in [0.717, 1.165) is 49.3 Å². The van der Waals surface area contributed by atoms with Crippen LogP contribution >= 0.6 is 0 Å². The number of aliphatic hydroxyl groups is 1. The summed E-state index contributed by atoms with van der Waals surface area (Å²) in [5.74, 6) is -1.38. The molecule has 1 fully saturated rings. The number of carbonyl (C=O) groups is 1. The topological polar surface area (TPSA) is 103 Å². The van der Waals surface area contributed by atoms with Crippen molar-refractivity contribution in [3.63, 3.8) is 0 Å². The fourth-order valence-electron chi connectivity index (χ4n) is 4.10. The Morgan fingerprint density at radius 3 is 2.43 bits per heavy atom. The van der Waals surface area contributed by atoms with Gasteiger partial charge in [-0.05, 0) is 45.4 Å². The van der Waals surface area contributed by atoms with Crippen molar-refractivity contribution >= 4 is 11.9 Å². The van der Waals surface area contributed by atoms with E-state index in [9.17, 15) is 19.1 Å². The standard InChI is InChI=1S/C28H44FN3O5/c1-3-4-5-6-7-8-9-10-11-12-13-14-15-16-17-18-19-36-28(35)31-26-23(29)21-32(27(34)30-26)25-20-24(33)22(2)37-25/h7-8,10-11,21-22,24-25,33H,3-6,9,12-20H2,1-2H3,(H,30,31,34,35).